The van der Waals surface area contributed by atoms with Gasteiger partial charge in [-0.1, -0.05) is 36.4 Å². The second-order valence-electron chi connectivity index (χ2n) is 6.26. The van der Waals surface area contributed by atoms with Gasteiger partial charge in [-0.05, 0) is 17.2 Å². The molecule has 0 aromatic heterocycles. The molecule has 0 bridgehead atoms. The third kappa shape index (κ3) is 5.10. The summed E-state index contributed by atoms with van der Waals surface area (Å²) in [5.74, 6) is 0. The van der Waals surface area contributed by atoms with Gasteiger partial charge in [-0.25, -0.2) is 13.1 Å². The van der Waals surface area contributed by atoms with Crippen molar-refractivity contribution >= 4 is 15.7 Å². The summed E-state index contributed by atoms with van der Waals surface area (Å²) in [4.78, 5) is 12.3. The Bertz CT molecular complexity index is 911. The zero-order chi connectivity index (χ0) is 19.3. The fraction of sp³-hybridized carbons (Fsp3) is 0.333. The molecular formula is C18H21N3O5S. The van der Waals surface area contributed by atoms with Gasteiger partial charge in [-0.2, -0.15) is 0 Å². The summed E-state index contributed by atoms with van der Waals surface area (Å²) in [6.45, 7) is 4.01. The van der Waals surface area contributed by atoms with Crippen LogP contribution in [0.3, 0.4) is 0 Å². The maximum atomic E-state index is 12.5. The highest BCUT2D eigenvalue weighted by atomic mass is 32.2. The van der Waals surface area contributed by atoms with Gasteiger partial charge in [0.1, 0.15) is 0 Å². The molecule has 0 radical (unpaired) electrons. The van der Waals surface area contributed by atoms with Crippen LogP contribution in [0.1, 0.15) is 11.1 Å². The Morgan fingerprint density at radius 3 is 2.52 bits per heavy atom. The van der Waals surface area contributed by atoms with Gasteiger partial charge in [0.15, 0.2) is 4.90 Å². The summed E-state index contributed by atoms with van der Waals surface area (Å²) < 4.78 is 32.8. The average molecular weight is 391 g/mol. The van der Waals surface area contributed by atoms with Gasteiger partial charge in [-0.15, -0.1) is 0 Å². The van der Waals surface area contributed by atoms with E-state index in [2.05, 4.69) is 9.62 Å². The number of para-hydroxylation sites is 1. The molecule has 2 aromatic carbocycles. The van der Waals surface area contributed by atoms with Gasteiger partial charge in [0, 0.05) is 32.2 Å². The largest absolute Gasteiger partial charge is 0.379 e. The summed E-state index contributed by atoms with van der Waals surface area (Å²) in [5, 5.41) is 11.1. The van der Waals surface area contributed by atoms with Crippen LogP contribution in [0.15, 0.2) is 53.4 Å². The smallest absolute Gasteiger partial charge is 0.289 e. The van der Waals surface area contributed by atoms with Crippen LogP contribution < -0.4 is 4.72 Å². The van der Waals surface area contributed by atoms with Gasteiger partial charge < -0.3 is 4.74 Å². The molecule has 27 heavy (non-hydrogen) atoms. The van der Waals surface area contributed by atoms with E-state index < -0.39 is 20.6 Å². The predicted molar refractivity (Wildman–Crippen MR) is 99.7 cm³/mol. The van der Waals surface area contributed by atoms with E-state index in [0.29, 0.717) is 0 Å². The number of sulfonamides is 1. The van der Waals surface area contributed by atoms with E-state index >= 15 is 0 Å². The van der Waals surface area contributed by atoms with Crippen molar-refractivity contribution in [1.29, 1.82) is 0 Å². The van der Waals surface area contributed by atoms with Crippen LogP contribution >= 0.6 is 0 Å². The highest BCUT2D eigenvalue weighted by Gasteiger charge is 2.24. The van der Waals surface area contributed by atoms with Crippen molar-refractivity contribution in [2.24, 2.45) is 0 Å². The molecule has 0 atom stereocenters. The van der Waals surface area contributed by atoms with Crippen molar-refractivity contribution in [1.82, 2.24) is 9.62 Å². The second kappa shape index (κ2) is 8.57. The van der Waals surface area contributed by atoms with Gasteiger partial charge in [0.25, 0.3) is 5.69 Å². The molecular weight excluding hydrogens is 370 g/mol. The minimum absolute atomic E-state index is 0.0608. The van der Waals surface area contributed by atoms with Gasteiger partial charge in [0.05, 0.1) is 18.1 Å². The van der Waals surface area contributed by atoms with E-state index in [9.17, 15) is 18.5 Å². The van der Waals surface area contributed by atoms with E-state index in [0.717, 1.165) is 44.0 Å². The first-order valence-corrected chi connectivity index (χ1v) is 10.0. The Hall–Kier alpha value is -2.33. The van der Waals surface area contributed by atoms with Crippen LogP contribution in [0.2, 0.25) is 0 Å². The summed E-state index contributed by atoms with van der Waals surface area (Å²) in [5.41, 5.74) is 1.44. The molecule has 1 aliphatic rings. The Balaban J connectivity index is 1.69. The van der Waals surface area contributed by atoms with Crippen LogP contribution in [0.25, 0.3) is 0 Å². The van der Waals surface area contributed by atoms with Crippen molar-refractivity contribution in [2.45, 2.75) is 18.0 Å². The summed E-state index contributed by atoms with van der Waals surface area (Å²) >= 11 is 0. The van der Waals surface area contributed by atoms with Crippen molar-refractivity contribution in [2.75, 3.05) is 26.3 Å². The zero-order valence-electron chi connectivity index (χ0n) is 14.7. The van der Waals surface area contributed by atoms with Crippen molar-refractivity contribution in [3.8, 4) is 0 Å². The van der Waals surface area contributed by atoms with E-state index in [1.807, 2.05) is 24.3 Å². The molecule has 1 fully saturated rings. The number of benzene rings is 2. The number of hydrogen-bond donors (Lipinski definition) is 1. The molecule has 2 aromatic rings. The molecule has 144 valence electrons. The third-order valence-electron chi connectivity index (χ3n) is 4.32. The van der Waals surface area contributed by atoms with Gasteiger partial charge >= 0.3 is 0 Å². The lowest BCUT2D eigenvalue weighted by atomic mass is 10.1. The SMILES string of the molecule is O=[N+]([O-])c1ccccc1S(=O)(=O)NCc1cccc(CN2CCOCC2)c1. The third-order valence-corrected chi connectivity index (χ3v) is 5.77. The average Bonchev–Trinajstić information content (AvgIpc) is 2.67. The van der Waals surface area contributed by atoms with Gasteiger partial charge in [-0.3, -0.25) is 15.0 Å². The van der Waals surface area contributed by atoms with Crippen LogP contribution in [0, 0.1) is 10.1 Å². The number of ether oxygens (including phenoxy) is 1. The minimum Gasteiger partial charge on any atom is -0.379 e. The highest BCUT2D eigenvalue weighted by molar-refractivity contribution is 7.89. The first-order chi connectivity index (χ1) is 13.0. The molecule has 8 nitrogen and oxygen atoms in total. The summed E-state index contributed by atoms with van der Waals surface area (Å²) in [6.07, 6.45) is 0. The Morgan fingerprint density at radius 2 is 1.78 bits per heavy atom. The monoisotopic (exact) mass is 391 g/mol. The van der Waals surface area contributed by atoms with E-state index in [1.54, 1.807) is 0 Å². The van der Waals surface area contributed by atoms with Crippen LogP contribution in [0.4, 0.5) is 5.69 Å². The van der Waals surface area contributed by atoms with Crippen LogP contribution in [0.5, 0.6) is 0 Å². The number of nitrogens with zero attached hydrogens (tertiary/aromatic N) is 2. The molecule has 1 N–H and O–H groups in total. The molecule has 1 heterocycles. The lowest BCUT2D eigenvalue weighted by Crippen LogP contribution is -2.35. The lowest BCUT2D eigenvalue weighted by molar-refractivity contribution is -0.387. The maximum Gasteiger partial charge on any atom is 0.289 e. The van der Waals surface area contributed by atoms with E-state index in [1.165, 1.54) is 24.3 Å². The molecule has 0 unspecified atom stereocenters. The standard InChI is InChI=1S/C18H21N3O5S/c22-21(23)17-6-1-2-7-18(17)27(24,25)19-13-15-4-3-5-16(12-15)14-20-8-10-26-11-9-20/h1-7,12,19H,8-11,13-14H2. The van der Waals surface area contributed by atoms with Crippen LogP contribution in [-0.4, -0.2) is 44.5 Å². The lowest BCUT2D eigenvalue weighted by Gasteiger charge is -2.26. The highest BCUT2D eigenvalue weighted by Crippen LogP contribution is 2.23. The number of nitrogens with one attached hydrogen (secondary N) is 1. The van der Waals surface area contributed by atoms with Crippen molar-refractivity contribution < 1.29 is 18.1 Å². The predicted octanol–water partition coefficient (Wildman–Crippen LogP) is 1.91. The quantitative estimate of drug-likeness (QED) is 0.571. The first kappa shape index (κ1) is 19.4. The molecule has 0 aliphatic carbocycles. The molecule has 3 rings (SSSR count). The Morgan fingerprint density at radius 1 is 1.07 bits per heavy atom. The maximum absolute atomic E-state index is 12.5. The van der Waals surface area contributed by atoms with E-state index in [4.69, 9.17) is 4.74 Å². The molecule has 1 saturated heterocycles. The second-order valence-corrected chi connectivity index (χ2v) is 7.99. The van der Waals surface area contributed by atoms with Crippen molar-refractivity contribution in [3.05, 3.63) is 69.8 Å². The molecule has 0 amide bonds. The number of morpholine rings is 1. The summed E-state index contributed by atoms with van der Waals surface area (Å²) in [6, 6.07) is 13.0. The number of rotatable bonds is 7. The Kier molecular flexibility index (Phi) is 6.17. The molecule has 1 aliphatic heterocycles. The number of hydrogen-bond acceptors (Lipinski definition) is 6. The Labute approximate surface area is 158 Å². The molecule has 0 spiro atoms. The normalized spacial score (nSPS) is 15.6. The number of nitro groups is 1. The zero-order valence-corrected chi connectivity index (χ0v) is 15.5. The number of nitro benzene ring substituents is 1. The summed E-state index contributed by atoms with van der Waals surface area (Å²) in [7, 11) is -3.99. The molecule has 9 heteroatoms. The first-order valence-electron chi connectivity index (χ1n) is 8.57. The van der Waals surface area contributed by atoms with E-state index in [-0.39, 0.29) is 11.4 Å². The topological polar surface area (TPSA) is 102 Å². The minimum atomic E-state index is -3.99. The van der Waals surface area contributed by atoms with Crippen molar-refractivity contribution in [3.63, 3.8) is 0 Å². The fourth-order valence-electron chi connectivity index (χ4n) is 2.95. The van der Waals surface area contributed by atoms with Gasteiger partial charge in [0.2, 0.25) is 10.0 Å². The van der Waals surface area contributed by atoms with Crippen LogP contribution in [-0.2, 0) is 27.8 Å². The fourth-order valence-corrected chi connectivity index (χ4v) is 4.13. The molecule has 0 saturated carbocycles.